The van der Waals surface area contributed by atoms with E-state index in [1.165, 1.54) is 0 Å². The van der Waals surface area contributed by atoms with Crippen LogP contribution < -0.4 is 5.43 Å². The topological polar surface area (TPSA) is 61.7 Å². The molecule has 24 heavy (non-hydrogen) atoms. The van der Waals surface area contributed by atoms with Crippen molar-refractivity contribution in [3.8, 4) is 0 Å². The van der Waals surface area contributed by atoms with Crippen molar-refractivity contribution >= 4 is 17.7 Å². The van der Waals surface area contributed by atoms with Crippen LogP contribution in [0.15, 0.2) is 84.0 Å². The number of allylic oxidation sites excluding steroid dienone is 3. The van der Waals surface area contributed by atoms with Gasteiger partial charge in [-0.3, -0.25) is 4.79 Å². The minimum Gasteiger partial charge on any atom is -0.378 e. The summed E-state index contributed by atoms with van der Waals surface area (Å²) in [5.41, 5.74) is 4.63. The Kier molecular flexibility index (Phi) is 6.68. The van der Waals surface area contributed by atoms with Crippen LogP contribution in [0.3, 0.4) is 0 Å². The molecule has 0 radical (unpaired) electrons. The Morgan fingerprint density at radius 3 is 2.33 bits per heavy atom. The third-order valence-corrected chi connectivity index (χ3v) is 3.24. The molecule has 0 saturated carbocycles. The maximum atomic E-state index is 11.9. The molecule has 0 aromatic heterocycles. The van der Waals surface area contributed by atoms with Gasteiger partial charge in [-0.2, -0.15) is 5.10 Å². The van der Waals surface area contributed by atoms with Crippen molar-refractivity contribution in [2.24, 2.45) is 5.10 Å². The fourth-order valence-electron chi connectivity index (χ4n) is 1.95. The smallest absolute Gasteiger partial charge is 0.273 e. The lowest BCUT2D eigenvalue weighted by Gasteiger charge is -2.08. The summed E-state index contributed by atoms with van der Waals surface area (Å²) in [7, 11) is 0. The predicted molar refractivity (Wildman–Crippen MR) is 97.3 cm³/mol. The van der Waals surface area contributed by atoms with Gasteiger partial charge in [-0.05, 0) is 24.1 Å². The summed E-state index contributed by atoms with van der Waals surface area (Å²) in [6.07, 6.45) is 6.25. The molecule has 0 bridgehead atoms. The van der Waals surface area contributed by atoms with Crippen molar-refractivity contribution in [2.75, 3.05) is 0 Å². The molecule has 1 amide bonds. The number of hydrazone groups is 1. The molecule has 2 aromatic carbocycles. The molecule has 0 spiro atoms. The van der Waals surface area contributed by atoms with E-state index in [9.17, 15) is 9.90 Å². The number of benzene rings is 2. The lowest BCUT2D eigenvalue weighted by atomic mass is 10.1. The van der Waals surface area contributed by atoms with Gasteiger partial charge in [-0.15, -0.1) is 0 Å². The number of hydrogen-bond acceptors (Lipinski definition) is 3. The number of carbonyl (C=O) groups is 1. The quantitative estimate of drug-likeness (QED) is 0.486. The summed E-state index contributed by atoms with van der Waals surface area (Å²) in [5, 5.41) is 13.9. The van der Waals surface area contributed by atoms with Gasteiger partial charge in [0.05, 0.1) is 5.71 Å². The Bertz CT molecular complexity index is 735. The van der Waals surface area contributed by atoms with Gasteiger partial charge >= 0.3 is 0 Å². The van der Waals surface area contributed by atoms with Gasteiger partial charge in [0.15, 0.2) is 6.10 Å². The Morgan fingerprint density at radius 2 is 1.67 bits per heavy atom. The maximum Gasteiger partial charge on any atom is 0.273 e. The second-order valence-electron chi connectivity index (χ2n) is 5.17. The first-order valence-corrected chi connectivity index (χ1v) is 7.64. The van der Waals surface area contributed by atoms with Crippen LogP contribution in [0, 0.1) is 0 Å². The Balaban J connectivity index is 1.86. The van der Waals surface area contributed by atoms with Gasteiger partial charge in [0.25, 0.3) is 5.91 Å². The SMILES string of the molecule is CC(/C=C/C=C/c1ccccc1)=N\NC(=O)[C@H](O)c1ccccc1. The first kappa shape index (κ1) is 17.4. The van der Waals surface area contributed by atoms with Crippen molar-refractivity contribution in [3.05, 3.63) is 90.0 Å². The van der Waals surface area contributed by atoms with Gasteiger partial charge in [-0.25, -0.2) is 5.43 Å². The fourth-order valence-corrected chi connectivity index (χ4v) is 1.95. The van der Waals surface area contributed by atoms with Crippen LogP contribution >= 0.6 is 0 Å². The van der Waals surface area contributed by atoms with Crippen LogP contribution in [0.2, 0.25) is 0 Å². The van der Waals surface area contributed by atoms with Crippen LogP contribution in [0.1, 0.15) is 24.2 Å². The molecule has 0 saturated heterocycles. The second-order valence-corrected chi connectivity index (χ2v) is 5.17. The van der Waals surface area contributed by atoms with Gasteiger partial charge < -0.3 is 5.11 Å². The van der Waals surface area contributed by atoms with E-state index < -0.39 is 12.0 Å². The molecule has 122 valence electrons. The average molecular weight is 320 g/mol. The van der Waals surface area contributed by atoms with Crippen molar-refractivity contribution < 1.29 is 9.90 Å². The highest BCUT2D eigenvalue weighted by Gasteiger charge is 2.15. The van der Waals surface area contributed by atoms with E-state index in [2.05, 4.69) is 10.5 Å². The van der Waals surface area contributed by atoms with Crippen LogP contribution in [0.5, 0.6) is 0 Å². The van der Waals surface area contributed by atoms with Gasteiger partial charge in [0.1, 0.15) is 0 Å². The van der Waals surface area contributed by atoms with Crippen LogP contribution in [-0.2, 0) is 4.79 Å². The zero-order chi connectivity index (χ0) is 17.2. The second kappa shape index (κ2) is 9.22. The lowest BCUT2D eigenvalue weighted by molar-refractivity contribution is -0.129. The fraction of sp³-hybridized carbons (Fsp3) is 0.100. The van der Waals surface area contributed by atoms with Gasteiger partial charge in [0, 0.05) is 0 Å². The normalized spacial score (nSPS) is 13.3. The summed E-state index contributed by atoms with van der Waals surface area (Å²) in [4.78, 5) is 11.9. The number of rotatable bonds is 6. The monoisotopic (exact) mass is 320 g/mol. The molecular formula is C20H20N2O2. The summed E-state index contributed by atoms with van der Waals surface area (Å²) in [6, 6.07) is 18.7. The highest BCUT2D eigenvalue weighted by Crippen LogP contribution is 2.11. The van der Waals surface area contributed by atoms with Crippen LogP contribution in [0.25, 0.3) is 6.08 Å². The Labute approximate surface area is 141 Å². The van der Waals surface area contributed by atoms with Gasteiger partial charge in [-0.1, -0.05) is 78.9 Å². The molecule has 2 aromatic rings. The van der Waals surface area contributed by atoms with Crippen LogP contribution in [-0.4, -0.2) is 16.7 Å². The largest absolute Gasteiger partial charge is 0.378 e. The van der Waals surface area contributed by atoms with E-state index in [1.54, 1.807) is 37.3 Å². The van der Waals surface area contributed by atoms with E-state index in [0.717, 1.165) is 5.56 Å². The highest BCUT2D eigenvalue weighted by molar-refractivity contribution is 5.94. The molecule has 4 heteroatoms. The summed E-state index contributed by atoms with van der Waals surface area (Å²) >= 11 is 0. The summed E-state index contributed by atoms with van der Waals surface area (Å²) in [6.45, 7) is 1.77. The Morgan fingerprint density at radius 1 is 1.04 bits per heavy atom. The van der Waals surface area contributed by atoms with E-state index in [-0.39, 0.29) is 0 Å². The first-order valence-electron chi connectivity index (χ1n) is 7.64. The van der Waals surface area contributed by atoms with Gasteiger partial charge in [0.2, 0.25) is 0 Å². The number of hydrogen-bond donors (Lipinski definition) is 2. The van der Waals surface area contributed by atoms with Crippen molar-refractivity contribution in [1.29, 1.82) is 0 Å². The molecule has 0 heterocycles. The zero-order valence-electron chi connectivity index (χ0n) is 13.5. The van der Waals surface area contributed by atoms with E-state index in [1.807, 2.05) is 54.6 Å². The molecule has 0 unspecified atom stereocenters. The highest BCUT2D eigenvalue weighted by atomic mass is 16.3. The summed E-state index contributed by atoms with van der Waals surface area (Å²) < 4.78 is 0. The number of amides is 1. The standard InChI is InChI=1S/C20H20N2O2/c1-16(10-8-9-13-17-11-4-2-5-12-17)21-22-20(24)19(23)18-14-6-3-7-15-18/h2-15,19,23H,1H3,(H,22,24)/b10-8+,13-9+,21-16+/t19-/m1/s1. The van der Waals surface area contributed by atoms with E-state index in [0.29, 0.717) is 11.3 Å². The summed E-state index contributed by atoms with van der Waals surface area (Å²) in [5.74, 6) is -0.561. The molecule has 2 rings (SSSR count). The molecule has 0 aliphatic rings. The third kappa shape index (κ3) is 5.66. The number of nitrogens with one attached hydrogen (secondary N) is 1. The minimum absolute atomic E-state index is 0.532. The van der Waals surface area contributed by atoms with E-state index in [4.69, 9.17) is 0 Å². The number of aliphatic hydroxyl groups excluding tert-OH is 1. The predicted octanol–water partition coefficient (Wildman–Crippen LogP) is 3.48. The van der Waals surface area contributed by atoms with Crippen molar-refractivity contribution in [2.45, 2.75) is 13.0 Å². The zero-order valence-corrected chi connectivity index (χ0v) is 13.5. The van der Waals surface area contributed by atoms with E-state index >= 15 is 0 Å². The first-order chi connectivity index (χ1) is 11.7. The molecule has 1 atom stereocenters. The Hall–Kier alpha value is -2.98. The number of aliphatic hydroxyl groups is 1. The number of carbonyl (C=O) groups excluding carboxylic acids is 1. The molecule has 2 N–H and O–H groups in total. The molecule has 4 nitrogen and oxygen atoms in total. The minimum atomic E-state index is -1.23. The molecular weight excluding hydrogens is 300 g/mol. The third-order valence-electron chi connectivity index (χ3n) is 3.24. The lowest BCUT2D eigenvalue weighted by Crippen LogP contribution is -2.25. The number of nitrogens with zero attached hydrogens (tertiary/aromatic N) is 1. The molecule has 0 fully saturated rings. The average Bonchev–Trinajstić information content (AvgIpc) is 2.64. The molecule has 0 aliphatic carbocycles. The van der Waals surface area contributed by atoms with Crippen molar-refractivity contribution in [3.63, 3.8) is 0 Å². The molecule has 0 aliphatic heterocycles. The van der Waals surface area contributed by atoms with Crippen molar-refractivity contribution in [1.82, 2.24) is 5.43 Å². The van der Waals surface area contributed by atoms with Crippen LogP contribution in [0.4, 0.5) is 0 Å². The maximum absolute atomic E-state index is 11.9.